The molecule has 0 amide bonds. The van der Waals surface area contributed by atoms with Crippen LogP contribution < -0.4 is 9.80 Å². The second-order valence-electron chi connectivity index (χ2n) is 13.6. The van der Waals surface area contributed by atoms with Crippen molar-refractivity contribution >= 4 is 77.0 Å². The van der Waals surface area contributed by atoms with Crippen molar-refractivity contribution in [1.29, 1.82) is 0 Å². The Hall–Kier alpha value is -5.16. The molecule has 6 aromatic carbocycles. The van der Waals surface area contributed by atoms with Gasteiger partial charge in [-0.2, -0.15) is 0 Å². The summed E-state index contributed by atoms with van der Waals surface area (Å²) < 4.78 is 0. The molecule has 49 heavy (non-hydrogen) atoms. The number of benzene rings is 6. The SMILES string of the molecule is Cc1ccc(N(c2cccs2)c2c3ccccc3c(N(c3ccc(C)cc3)c3cccs3)c3cc4c(cc23)-c2ccccc2C4(C)C)cc1. The van der Waals surface area contributed by atoms with E-state index in [4.69, 9.17) is 0 Å². The minimum Gasteiger partial charge on any atom is -0.301 e. The number of hydrogen-bond acceptors (Lipinski definition) is 4. The second kappa shape index (κ2) is 11.5. The molecule has 0 N–H and O–H groups in total. The van der Waals surface area contributed by atoms with E-state index >= 15 is 0 Å². The van der Waals surface area contributed by atoms with Crippen molar-refractivity contribution in [2.45, 2.75) is 33.1 Å². The van der Waals surface area contributed by atoms with Crippen LogP contribution in [0, 0.1) is 13.8 Å². The first-order valence-electron chi connectivity index (χ1n) is 16.8. The van der Waals surface area contributed by atoms with Gasteiger partial charge in [0.05, 0.1) is 21.4 Å². The Labute approximate surface area is 296 Å². The molecule has 238 valence electrons. The molecule has 0 bridgehead atoms. The van der Waals surface area contributed by atoms with Crippen molar-refractivity contribution in [3.05, 3.63) is 166 Å². The predicted octanol–water partition coefficient (Wildman–Crippen LogP) is 14.0. The molecule has 0 saturated heterocycles. The number of thiophene rings is 2. The summed E-state index contributed by atoms with van der Waals surface area (Å²) in [6, 6.07) is 49.8. The first-order valence-corrected chi connectivity index (χ1v) is 18.6. The molecule has 0 unspecified atom stereocenters. The van der Waals surface area contributed by atoms with Gasteiger partial charge in [-0.25, -0.2) is 0 Å². The molecule has 2 heterocycles. The molecular formula is C45H36N2S2. The van der Waals surface area contributed by atoms with Crippen LogP contribution in [0.15, 0.2) is 144 Å². The van der Waals surface area contributed by atoms with Crippen molar-refractivity contribution in [2.24, 2.45) is 0 Å². The first-order chi connectivity index (χ1) is 23.9. The van der Waals surface area contributed by atoms with Gasteiger partial charge < -0.3 is 9.80 Å². The van der Waals surface area contributed by atoms with E-state index in [-0.39, 0.29) is 5.41 Å². The van der Waals surface area contributed by atoms with Gasteiger partial charge in [0.2, 0.25) is 0 Å². The molecule has 0 saturated carbocycles. The summed E-state index contributed by atoms with van der Waals surface area (Å²) in [4.78, 5) is 4.97. The van der Waals surface area contributed by atoms with Crippen molar-refractivity contribution in [2.75, 3.05) is 9.80 Å². The number of nitrogens with zero attached hydrogens (tertiary/aromatic N) is 2. The quantitative estimate of drug-likeness (QED) is 0.129. The molecule has 8 aromatic rings. The van der Waals surface area contributed by atoms with Crippen molar-refractivity contribution < 1.29 is 0 Å². The van der Waals surface area contributed by atoms with Gasteiger partial charge in [0.15, 0.2) is 0 Å². The van der Waals surface area contributed by atoms with Crippen LogP contribution in [-0.2, 0) is 5.41 Å². The van der Waals surface area contributed by atoms with Crippen LogP contribution in [0.4, 0.5) is 32.8 Å². The van der Waals surface area contributed by atoms with Crippen LogP contribution in [0.3, 0.4) is 0 Å². The van der Waals surface area contributed by atoms with E-state index in [1.165, 1.54) is 76.3 Å². The number of aryl methyl sites for hydroxylation is 2. The Balaban J connectivity index is 1.48. The molecule has 0 atom stereocenters. The van der Waals surface area contributed by atoms with E-state index < -0.39 is 0 Å². The molecule has 1 aliphatic rings. The van der Waals surface area contributed by atoms with E-state index in [2.05, 4.69) is 182 Å². The number of rotatable bonds is 6. The third-order valence-electron chi connectivity index (χ3n) is 10.2. The van der Waals surface area contributed by atoms with E-state index in [1.54, 1.807) is 22.7 Å². The number of fused-ring (bicyclic) bond motifs is 5. The summed E-state index contributed by atoms with van der Waals surface area (Å²) >= 11 is 3.56. The van der Waals surface area contributed by atoms with Crippen LogP contribution in [0.2, 0.25) is 0 Å². The monoisotopic (exact) mass is 668 g/mol. The largest absolute Gasteiger partial charge is 0.301 e. The van der Waals surface area contributed by atoms with Crippen LogP contribution in [0.1, 0.15) is 36.1 Å². The maximum atomic E-state index is 2.52. The highest BCUT2D eigenvalue weighted by Gasteiger charge is 2.37. The smallest absolute Gasteiger partial charge is 0.0999 e. The van der Waals surface area contributed by atoms with Gasteiger partial charge >= 0.3 is 0 Å². The lowest BCUT2D eigenvalue weighted by atomic mass is 9.81. The maximum absolute atomic E-state index is 2.52. The number of hydrogen-bond donors (Lipinski definition) is 0. The van der Waals surface area contributed by atoms with Crippen LogP contribution in [-0.4, -0.2) is 0 Å². The normalized spacial score (nSPS) is 13.1. The third kappa shape index (κ3) is 4.74. The van der Waals surface area contributed by atoms with Crippen molar-refractivity contribution in [1.82, 2.24) is 0 Å². The zero-order valence-corrected chi connectivity index (χ0v) is 29.7. The highest BCUT2D eigenvalue weighted by atomic mass is 32.1. The van der Waals surface area contributed by atoms with Gasteiger partial charge in [0.1, 0.15) is 0 Å². The van der Waals surface area contributed by atoms with Crippen LogP contribution >= 0.6 is 22.7 Å². The summed E-state index contributed by atoms with van der Waals surface area (Å²) in [7, 11) is 0. The topological polar surface area (TPSA) is 6.48 Å². The zero-order valence-electron chi connectivity index (χ0n) is 28.1. The summed E-state index contributed by atoms with van der Waals surface area (Å²) in [5.74, 6) is 0. The average molecular weight is 669 g/mol. The summed E-state index contributed by atoms with van der Waals surface area (Å²) in [6.45, 7) is 9.08. The molecule has 0 fully saturated rings. The Morgan fingerprint density at radius 1 is 0.449 bits per heavy atom. The van der Waals surface area contributed by atoms with Crippen molar-refractivity contribution in [3.63, 3.8) is 0 Å². The summed E-state index contributed by atoms with van der Waals surface area (Å²) in [5.41, 5.74) is 12.5. The molecule has 0 spiro atoms. The fraction of sp³-hybridized carbons (Fsp3) is 0.111. The molecule has 2 aromatic heterocycles. The first kappa shape index (κ1) is 29.9. The van der Waals surface area contributed by atoms with Crippen LogP contribution in [0.25, 0.3) is 32.7 Å². The van der Waals surface area contributed by atoms with Crippen molar-refractivity contribution in [3.8, 4) is 11.1 Å². The van der Waals surface area contributed by atoms with Gasteiger partial charge in [-0.15, -0.1) is 22.7 Å². The minimum atomic E-state index is -0.134. The van der Waals surface area contributed by atoms with E-state index in [0.717, 1.165) is 11.4 Å². The van der Waals surface area contributed by atoms with Gasteiger partial charge in [-0.1, -0.05) is 97.8 Å². The fourth-order valence-electron chi connectivity index (χ4n) is 7.72. The van der Waals surface area contributed by atoms with Gasteiger partial charge in [0.25, 0.3) is 0 Å². The van der Waals surface area contributed by atoms with Crippen LogP contribution in [0.5, 0.6) is 0 Å². The minimum absolute atomic E-state index is 0.134. The highest BCUT2D eigenvalue weighted by molar-refractivity contribution is 7.14. The maximum Gasteiger partial charge on any atom is 0.0999 e. The highest BCUT2D eigenvalue weighted by Crippen LogP contribution is 2.56. The molecule has 9 rings (SSSR count). The fourth-order valence-corrected chi connectivity index (χ4v) is 9.23. The third-order valence-corrected chi connectivity index (χ3v) is 11.9. The lowest BCUT2D eigenvalue weighted by molar-refractivity contribution is 0.661. The Bertz CT molecular complexity index is 2470. The second-order valence-corrected chi connectivity index (χ2v) is 15.5. The zero-order chi connectivity index (χ0) is 33.3. The molecule has 1 aliphatic carbocycles. The number of anilines is 6. The van der Waals surface area contributed by atoms with E-state index in [9.17, 15) is 0 Å². The van der Waals surface area contributed by atoms with E-state index in [0.29, 0.717) is 0 Å². The standard InChI is InChI=1S/C45H36N2S2/c1-29-17-21-31(22-18-29)46(41-15-9-25-48-41)43-34-12-5-6-13-35(34)44(47(42-16-10-26-49-42)32-23-19-30(2)20-24-32)38-28-40-36(27-37(38)43)33-11-7-8-14-39(33)45(40,3)4/h5-28H,1-4H3. The molecule has 0 aliphatic heterocycles. The van der Waals surface area contributed by atoms with Gasteiger partial charge in [-0.05, 0) is 108 Å². The molecule has 0 radical (unpaired) electrons. The Morgan fingerprint density at radius 2 is 0.939 bits per heavy atom. The Kier molecular flexibility index (Phi) is 7.01. The summed E-state index contributed by atoms with van der Waals surface area (Å²) in [6.07, 6.45) is 0. The van der Waals surface area contributed by atoms with E-state index in [1.807, 2.05) is 0 Å². The lowest BCUT2D eigenvalue weighted by Gasteiger charge is -2.32. The average Bonchev–Trinajstić information content (AvgIpc) is 3.89. The van der Waals surface area contributed by atoms with Gasteiger partial charge in [0, 0.05) is 38.3 Å². The molecular weight excluding hydrogens is 633 g/mol. The molecule has 2 nitrogen and oxygen atoms in total. The Morgan fingerprint density at radius 3 is 1.45 bits per heavy atom. The van der Waals surface area contributed by atoms with Gasteiger partial charge in [-0.3, -0.25) is 0 Å². The molecule has 4 heteroatoms. The lowest BCUT2D eigenvalue weighted by Crippen LogP contribution is -2.16. The summed E-state index contributed by atoms with van der Waals surface area (Å²) in [5, 5.41) is 11.7. The predicted molar refractivity (Wildman–Crippen MR) is 214 cm³/mol.